The van der Waals surface area contributed by atoms with Gasteiger partial charge < -0.3 is 0 Å². The Balaban J connectivity index is 2.32. The van der Waals surface area contributed by atoms with E-state index in [1.807, 2.05) is 36.6 Å². The molecule has 0 aliphatic carbocycles. The Labute approximate surface area is 91.3 Å². The van der Waals surface area contributed by atoms with Crippen molar-refractivity contribution in [2.24, 2.45) is 0 Å². The lowest BCUT2D eigenvalue weighted by Gasteiger charge is -2.03. The van der Waals surface area contributed by atoms with Crippen LogP contribution in [0.2, 0.25) is 0 Å². The highest BCUT2D eigenvalue weighted by molar-refractivity contribution is 7.98. The fraction of sp³-hybridized carbons (Fsp3) is 0.200. The summed E-state index contributed by atoms with van der Waals surface area (Å²) in [5, 5.41) is 7.08. The zero-order valence-electron chi connectivity index (χ0n) is 8.30. The normalized spacial score (nSPS) is 10.5. The number of nitrogens with zero attached hydrogens (tertiary/aromatic N) is 2. The van der Waals surface area contributed by atoms with Gasteiger partial charge in [0, 0.05) is 0 Å². The molecular weight excluding hydrogens is 210 g/mol. The lowest BCUT2D eigenvalue weighted by Crippen LogP contribution is -2.18. The van der Waals surface area contributed by atoms with Crippen LogP contribution in [0.1, 0.15) is 5.56 Å². The number of benzene rings is 1. The molecule has 1 aromatic carbocycles. The van der Waals surface area contributed by atoms with E-state index in [4.69, 9.17) is 0 Å². The van der Waals surface area contributed by atoms with Crippen LogP contribution in [0.5, 0.6) is 0 Å². The molecular formula is C10H11N3OS. The minimum Gasteiger partial charge on any atom is -0.266 e. The lowest BCUT2D eigenvalue weighted by molar-refractivity contribution is 0.688. The largest absolute Gasteiger partial charge is 0.344 e. The Morgan fingerprint density at radius 3 is 2.80 bits per heavy atom. The van der Waals surface area contributed by atoms with E-state index in [-0.39, 0.29) is 5.69 Å². The van der Waals surface area contributed by atoms with E-state index in [2.05, 4.69) is 10.2 Å². The van der Waals surface area contributed by atoms with Gasteiger partial charge in [-0.05, 0) is 11.8 Å². The summed E-state index contributed by atoms with van der Waals surface area (Å²) in [6.45, 7) is 0.562. The van der Waals surface area contributed by atoms with Gasteiger partial charge >= 0.3 is 5.69 Å². The molecule has 78 valence electrons. The van der Waals surface area contributed by atoms with Crippen LogP contribution in [-0.4, -0.2) is 21.0 Å². The minimum absolute atomic E-state index is 0.164. The van der Waals surface area contributed by atoms with E-state index in [9.17, 15) is 4.79 Å². The summed E-state index contributed by atoms with van der Waals surface area (Å²) in [7, 11) is 0. The second-order valence-electron chi connectivity index (χ2n) is 3.09. The molecule has 4 nitrogen and oxygen atoms in total. The summed E-state index contributed by atoms with van der Waals surface area (Å²) in [6, 6.07) is 9.85. The number of aromatic amines is 1. The number of nitrogens with one attached hydrogen (secondary N) is 1. The fourth-order valence-corrected chi connectivity index (χ4v) is 1.87. The van der Waals surface area contributed by atoms with Crippen molar-refractivity contribution in [1.29, 1.82) is 0 Å². The maximum atomic E-state index is 11.4. The van der Waals surface area contributed by atoms with Crippen LogP contribution in [0.25, 0.3) is 0 Å². The Hall–Kier alpha value is -1.49. The maximum Gasteiger partial charge on any atom is 0.344 e. The molecule has 15 heavy (non-hydrogen) atoms. The molecule has 0 aliphatic heterocycles. The highest BCUT2D eigenvalue weighted by Gasteiger charge is 2.06. The quantitative estimate of drug-likeness (QED) is 0.796. The molecule has 0 aliphatic rings. The Bertz CT molecular complexity index is 489. The summed E-state index contributed by atoms with van der Waals surface area (Å²) in [4.78, 5) is 11.4. The Morgan fingerprint density at radius 2 is 2.13 bits per heavy atom. The second kappa shape index (κ2) is 4.35. The summed E-state index contributed by atoms with van der Waals surface area (Å²) >= 11 is 1.46. The number of H-pyrrole nitrogens is 1. The molecule has 1 N–H and O–H groups in total. The van der Waals surface area contributed by atoms with E-state index in [0.29, 0.717) is 11.7 Å². The van der Waals surface area contributed by atoms with Gasteiger partial charge in [0.15, 0.2) is 5.16 Å². The predicted octanol–water partition coefficient (Wildman–Crippen LogP) is 1.34. The topological polar surface area (TPSA) is 50.7 Å². The molecule has 1 heterocycles. The van der Waals surface area contributed by atoms with Crippen molar-refractivity contribution >= 4 is 11.8 Å². The molecule has 0 amide bonds. The molecule has 0 fully saturated rings. The fourth-order valence-electron chi connectivity index (χ4n) is 1.36. The van der Waals surface area contributed by atoms with Crippen LogP contribution in [0.15, 0.2) is 40.3 Å². The third-order valence-corrected chi connectivity index (χ3v) is 2.77. The second-order valence-corrected chi connectivity index (χ2v) is 3.86. The Kier molecular flexibility index (Phi) is 2.91. The van der Waals surface area contributed by atoms with Crippen molar-refractivity contribution in [3.05, 3.63) is 46.4 Å². The van der Waals surface area contributed by atoms with Crippen LogP contribution >= 0.6 is 11.8 Å². The van der Waals surface area contributed by atoms with Gasteiger partial charge in [-0.15, -0.1) is 5.10 Å². The third kappa shape index (κ3) is 2.12. The van der Waals surface area contributed by atoms with Gasteiger partial charge in [0.25, 0.3) is 0 Å². The van der Waals surface area contributed by atoms with Crippen LogP contribution in [-0.2, 0) is 6.54 Å². The predicted molar refractivity (Wildman–Crippen MR) is 60.2 cm³/mol. The number of hydrogen-bond acceptors (Lipinski definition) is 3. The first-order valence-corrected chi connectivity index (χ1v) is 5.77. The van der Waals surface area contributed by atoms with E-state index >= 15 is 0 Å². The molecule has 0 saturated carbocycles. The van der Waals surface area contributed by atoms with E-state index < -0.39 is 0 Å². The van der Waals surface area contributed by atoms with Crippen molar-refractivity contribution in [3.8, 4) is 0 Å². The summed E-state index contributed by atoms with van der Waals surface area (Å²) < 4.78 is 1.62. The van der Waals surface area contributed by atoms with Crippen LogP contribution in [0.4, 0.5) is 0 Å². The number of rotatable bonds is 3. The van der Waals surface area contributed by atoms with Crippen molar-refractivity contribution in [2.45, 2.75) is 11.7 Å². The SMILES string of the molecule is CSc1n[nH]c(=O)n1Cc1ccccc1. The summed E-state index contributed by atoms with van der Waals surface area (Å²) in [5.74, 6) is 0. The lowest BCUT2D eigenvalue weighted by atomic mass is 10.2. The molecule has 0 radical (unpaired) electrons. The molecule has 5 heteroatoms. The molecule has 1 aromatic heterocycles. The molecule has 0 unspecified atom stereocenters. The van der Waals surface area contributed by atoms with Gasteiger partial charge in [0.2, 0.25) is 0 Å². The molecule has 2 aromatic rings. The van der Waals surface area contributed by atoms with Gasteiger partial charge in [0.1, 0.15) is 0 Å². The molecule has 2 rings (SSSR count). The van der Waals surface area contributed by atoms with E-state index in [0.717, 1.165) is 5.56 Å². The average molecular weight is 221 g/mol. The average Bonchev–Trinajstić information content (AvgIpc) is 2.62. The molecule has 0 saturated heterocycles. The van der Waals surface area contributed by atoms with Crippen molar-refractivity contribution in [2.75, 3.05) is 6.26 Å². The molecule has 0 bridgehead atoms. The number of hydrogen-bond donors (Lipinski definition) is 1. The number of thioether (sulfide) groups is 1. The van der Waals surface area contributed by atoms with Crippen molar-refractivity contribution < 1.29 is 0 Å². The molecule has 0 spiro atoms. The highest BCUT2D eigenvalue weighted by atomic mass is 32.2. The zero-order valence-corrected chi connectivity index (χ0v) is 9.12. The smallest absolute Gasteiger partial charge is 0.266 e. The van der Waals surface area contributed by atoms with Gasteiger partial charge in [-0.3, -0.25) is 4.57 Å². The van der Waals surface area contributed by atoms with Gasteiger partial charge in [-0.1, -0.05) is 42.1 Å². The standard InChI is InChI=1S/C10H11N3OS/c1-15-10-12-11-9(14)13(10)7-8-5-3-2-4-6-8/h2-6H,7H2,1H3,(H,11,14). The first-order valence-electron chi connectivity index (χ1n) is 4.54. The summed E-state index contributed by atoms with van der Waals surface area (Å²) in [5.41, 5.74) is 0.930. The molecule has 0 atom stereocenters. The first kappa shape index (κ1) is 10.0. The van der Waals surface area contributed by atoms with Gasteiger partial charge in [-0.25, -0.2) is 9.89 Å². The first-order chi connectivity index (χ1) is 7.31. The van der Waals surface area contributed by atoms with Crippen LogP contribution in [0.3, 0.4) is 0 Å². The van der Waals surface area contributed by atoms with E-state index in [1.165, 1.54) is 11.8 Å². The third-order valence-electron chi connectivity index (χ3n) is 2.09. The maximum absolute atomic E-state index is 11.4. The van der Waals surface area contributed by atoms with Gasteiger partial charge in [0.05, 0.1) is 6.54 Å². The minimum atomic E-state index is -0.164. The van der Waals surface area contributed by atoms with Crippen LogP contribution in [0, 0.1) is 0 Å². The van der Waals surface area contributed by atoms with Crippen LogP contribution < -0.4 is 5.69 Å². The van der Waals surface area contributed by atoms with E-state index in [1.54, 1.807) is 4.57 Å². The van der Waals surface area contributed by atoms with Gasteiger partial charge in [-0.2, -0.15) is 0 Å². The summed E-state index contributed by atoms with van der Waals surface area (Å²) in [6.07, 6.45) is 1.90. The zero-order chi connectivity index (χ0) is 10.7. The van der Waals surface area contributed by atoms with Crippen molar-refractivity contribution in [1.82, 2.24) is 14.8 Å². The highest BCUT2D eigenvalue weighted by Crippen LogP contribution is 2.10. The number of aromatic nitrogens is 3. The monoisotopic (exact) mass is 221 g/mol. The van der Waals surface area contributed by atoms with Crippen molar-refractivity contribution in [3.63, 3.8) is 0 Å². The Morgan fingerprint density at radius 1 is 1.40 bits per heavy atom.